The molecule has 0 aromatic heterocycles. The van der Waals surface area contributed by atoms with Crippen molar-refractivity contribution >= 4 is 0 Å². The van der Waals surface area contributed by atoms with Gasteiger partial charge in [-0.2, -0.15) is 0 Å². The first-order valence-corrected chi connectivity index (χ1v) is 7.10. The van der Waals surface area contributed by atoms with Crippen molar-refractivity contribution in [3.8, 4) is 28.4 Å². The summed E-state index contributed by atoms with van der Waals surface area (Å²) in [7, 11) is 0. The molecule has 0 atom stereocenters. The van der Waals surface area contributed by atoms with Crippen LogP contribution in [0.3, 0.4) is 0 Å². The molecule has 3 aromatic rings. The average Bonchev–Trinajstić information content (AvgIpc) is 2.86. The molecule has 0 spiro atoms. The maximum absolute atomic E-state index is 10.3. The molecule has 0 heterocycles. The highest BCUT2D eigenvalue weighted by Gasteiger charge is 2.31. The molecule has 108 valence electrons. The topological polar surface area (TPSA) is 60.7 Å². The standard InChI is InChI=1S/C19H14O3/c20-16-10-18(22)17(21)9-15(16)19-13-7-3-1-5-11(13)12-6-2-4-8-14(12)19/h1-10,19-22H. The summed E-state index contributed by atoms with van der Waals surface area (Å²) in [5.41, 5.74) is 5.03. The highest BCUT2D eigenvalue weighted by atomic mass is 16.3. The summed E-state index contributed by atoms with van der Waals surface area (Å²) in [5.74, 6) is -0.721. The van der Waals surface area contributed by atoms with Gasteiger partial charge >= 0.3 is 0 Å². The maximum atomic E-state index is 10.3. The molecule has 0 saturated carbocycles. The SMILES string of the molecule is Oc1cc(O)c(C2c3ccccc3-c3ccccc32)cc1O. The lowest BCUT2D eigenvalue weighted by atomic mass is 9.88. The first-order valence-electron chi connectivity index (χ1n) is 7.10. The lowest BCUT2D eigenvalue weighted by Crippen LogP contribution is -1.99. The molecule has 3 aromatic carbocycles. The van der Waals surface area contributed by atoms with Gasteiger partial charge in [-0.3, -0.25) is 0 Å². The van der Waals surface area contributed by atoms with Crippen molar-refractivity contribution < 1.29 is 15.3 Å². The lowest BCUT2D eigenvalue weighted by molar-refractivity contribution is 0.394. The number of benzene rings is 3. The van der Waals surface area contributed by atoms with Crippen molar-refractivity contribution in [2.45, 2.75) is 5.92 Å². The van der Waals surface area contributed by atoms with Gasteiger partial charge in [0.2, 0.25) is 0 Å². The zero-order chi connectivity index (χ0) is 15.3. The Hall–Kier alpha value is -2.94. The summed E-state index contributed by atoms with van der Waals surface area (Å²) in [5, 5.41) is 29.6. The van der Waals surface area contributed by atoms with Gasteiger partial charge in [-0.1, -0.05) is 48.5 Å². The van der Waals surface area contributed by atoms with Crippen LogP contribution in [0.4, 0.5) is 0 Å². The number of hydrogen-bond acceptors (Lipinski definition) is 3. The predicted octanol–water partition coefficient (Wildman–Crippen LogP) is 3.96. The average molecular weight is 290 g/mol. The molecule has 4 rings (SSSR count). The molecule has 0 unspecified atom stereocenters. The first kappa shape index (κ1) is 12.8. The van der Waals surface area contributed by atoms with Crippen molar-refractivity contribution in [3.05, 3.63) is 77.4 Å². The fraction of sp³-hybridized carbons (Fsp3) is 0.0526. The first-order chi connectivity index (χ1) is 10.7. The molecule has 0 aliphatic heterocycles. The van der Waals surface area contributed by atoms with Crippen molar-refractivity contribution in [1.29, 1.82) is 0 Å². The Morgan fingerprint density at radius 1 is 0.545 bits per heavy atom. The molecule has 0 radical (unpaired) electrons. The van der Waals surface area contributed by atoms with Crippen LogP contribution in [0.2, 0.25) is 0 Å². The van der Waals surface area contributed by atoms with E-state index in [0.717, 1.165) is 22.3 Å². The van der Waals surface area contributed by atoms with Crippen molar-refractivity contribution in [2.24, 2.45) is 0 Å². The van der Waals surface area contributed by atoms with E-state index in [4.69, 9.17) is 0 Å². The monoisotopic (exact) mass is 290 g/mol. The van der Waals surface area contributed by atoms with Crippen molar-refractivity contribution in [1.82, 2.24) is 0 Å². The molecule has 0 bridgehead atoms. The predicted molar refractivity (Wildman–Crippen MR) is 84.3 cm³/mol. The second-order valence-corrected chi connectivity index (χ2v) is 5.51. The Morgan fingerprint density at radius 3 is 1.64 bits per heavy atom. The Balaban J connectivity index is 2.02. The summed E-state index contributed by atoms with van der Waals surface area (Å²) >= 11 is 0. The summed E-state index contributed by atoms with van der Waals surface area (Å²) in [6, 6.07) is 18.7. The van der Waals surface area contributed by atoms with Gasteiger partial charge in [0.1, 0.15) is 5.75 Å². The Morgan fingerprint density at radius 2 is 1.05 bits per heavy atom. The van der Waals surface area contributed by atoms with Gasteiger partial charge in [-0.05, 0) is 28.3 Å². The Kier molecular flexibility index (Phi) is 2.63. The zero-order valence-electron chi connectivity index (χ0n) is 11.7. The van der Waals surface area contributed by atoms with Crippen LogP contribution < -0.4 is 0 Å². The van der Waals surface area contributed by atoms with Gasteiger partial charge in [0, 0.05) is 17.5 Å². The molecule has 0 amide bonds. The van der Waals surface area contributed by atoms with Crippen molar-refractivity contribution in [2.75, 3.05) is 0 Å². The lowest BCUT2D eigenvalue weighted by Gasteiger charge is -2.16. The van der Waals surface area contributed by atoms with Gasteiger partial charge in [-0.25, -0.2) is 0 Å². The Labute approximate surface area is 127 Å². The molecular formula is C19H14O3. The van der Waals surface area contributed by atoms with Gasteiger partial charge in [-0.15, -0.1) is 0 Å². The highest BCUT2D eigenvalue weighted by molar-refractivity contribution is 5.81. The van der Waals surface area contributed by atoms with Crippen molar-refractivity contribution in [3.63, 3.8) is 0 Å². The summed E-state index contributed by atoms with van der Waals surface area (Å²) in [6.45, 7) is 0. The summed E-state index contributed by atoms with van der Waals surface area (Å²) < 4.78 is 0. The van der Waals surface area contributed by atoms with Crippen LogP contribution in [0.1, 0.15) is 22.6 Å². The van der Waals surface area contributed by atoms with Crippen LogP contribution in [-0.4, -0.2) is 15.3 Å². The number of aromatic hydroxyl groups is 3. The number of phenolic OH excluding ortho intramolecular Hbond substituents is 3. The molecular weight excluding hydrogens is 276 g/mol. The number of hydrogen-bond donors (Lipinski definition) is 3. The van der Waals surface area contributed by atoms with E-state index in [2.05, 4.69) is 12.1 Å². The molecule has 22 heavy (non-hydrogen) atoms. The number of fused-ring (bicyclic) bond motifs is 3. The normalized spacial score (nSPS) is 12.9. The third-order valence-electron chi connectivity index (χ3n) is 4.27. The number of phenols is 3. The van der Waals surface area contributed by atoms with E-state index in [1.165, 1.54) is 12.1 Å². The van der Waals surface area contributed by atoms with E-state index in [-0.39, 0.29) is 23.2 Å². The molecule has 3 N–H and O–H groups in total. The van der Waals surface area contributed by atoms with E-state index < -0.39 is 0 Å². The molecule has 3 heteroatoms. The van der Waals surface area contributed by atoms with E-state index in [0.29, 0.717) is 5.56 Å². The second kappa shape index (κ2) is 4.53. The van der Waals surface area contributed by atoms with Crippen LogP contribution in [0.25, 0.3) is 11.1 Å². The quantitative estimate of drug-likeness (QED) is 0.367. The van der Waals surface area contributed by atoms with Crippen LogP contribution in [-0.2, 0) is 0 Å². The van der Waals surface area contributed by atoms with E-state index in [1.54, 1.807) is 0 Å². The second-order valence-electron chi connectivity index (χ2n) is 5.51. The van der Waals surface area contributed by atoms with Crippen LogP contribution in [0, 0.1) is 0 Å². The van der Waals surface area contributed by atoms with Gasteiger partial charge in [0.25, 0.3) is 0 Å². The van der Waals surface area contributed by atoms with Gasteiger partial charge < -0.3 is 15.3 Å². The highest BCUT2D eigenvalue weighted by Crippen LogP contribution is 2.51. The fourth-order valence-corrected chi connectivity index (χ4v) is 3.30. The van der Waals surface area contributed by atoms with E-state index in [1.807, 2.05) is 36.4 Å². The van der Waals surface area contributed by atoms with Crippen LogP contribution >= 0.6 is 0 Å². The largest absolute Gasteiger partial charge is 0.507 e. The summed E-state index contributed by atoms with van der Waals surface area (Å²) in [6.07, 6.45) is 0. The smallest absolute Gasteiger partial charge is 0.161 e. The maximum Gasteiger partial charge on any atom is 0.161 e. The minimum atomic E-state index is -0.319. The van der Waals surface area contributed by atoms with E-state index in [9.17, 15) is 15.3 Å². The molecule has 1 aliphatic rings. The summed E-state index contributed by atoms with van der Waals surface area (Å²) in [4.78, 5) is 0. The minimum Gasteiger partial charge on any atom is -0.507 e. The van der Waals surface area contributed by atoms with E-state index >= 15 is 0 Å². The molecule has 1 aliphatic carbocycles. The fourth-order valence-electron chi connectivity index (χ4n) is 3.30. The van der Waals surface area contributed by atoms with Crippen LogP contribution in [0.5, 0.6) is 17.2 Å². The Bertz CT molecular complexity index is 838. The van der Waals surface area contributed by atoms with Crippen LogP contribution in [0.15, 0.2) is 60.7 Å². The third kappa shape index (κ3) is 1.69. The third-order valence-corrected chi connectivity index (χ3v) is 4.27. The molecule has 3 nitrogen and oxygen atoms in total. The zero-order valence-corrected chi connectivity index (χ0v) is 11.7. The molecule has 0 fully saturated rings. The minimum absolute atomic E-state index is 0.0215. The van der Waals surface area contributed by atoms with Gasteiger partial charge in [0.05, 0.1) is 0 Å². The van der Waals surface area contributed by atoms with Gasteiger partial charge in [0.15, 0.2) is 11.5 Å². The molecule has 0 saturated heterocycles. The number of rotatable bonds is 1.